The molecule has 0 saturated carbocycles. The number of rotatable bonds is 4. The molecular weight excluding hydrogens is 685 g/mol. The smallest absolute Gasteiger partial charge is 0.164 e. The van der Waals surface area contributed by atoms with Crippen molar-refractivity contribution in [3.8, 4) is 39.9 Å². The van der Waals surface area contributed by atoms with Crippen LogP contribution in [0.25, 0.3) is 116 Å². The fourth-order valence-electron chi connectivity index (χ4n) is 8.51. The largest absolute Gasteiger partial charge is 0.455 e. The summed E-state index contributed by atoms with van der Waals surface area (Å²) in [5.41, 5.74) is 7.71. The predicted octanol–water partition coefficient (Wildman–Crippen LogP) is 13.3. The van der Waals surface area contributed by atoms with Crippen LogP contribution >= 0.6 is 0 Å². The molecule has 0 N–H and O–H groups in total. The highest BCUT2D eigenvalue weighted by Crippen LogP contribution is 2.43. The molecule has 9 aromatic carbocycles. The van der Waals surface area contributed by atoms with Crippen LogP contribution in [0, 0.1) is 0 Å². The Morgan fingerprint density at radius 2 is 0.875 bits per heavy atom. The van der Waals surface area contributed by atoms with Gasteiger partial charge in [0, 0.05) is 55.4 Å². The number of hydrogen-bond acceptors (Lipinski definition) is 4. The number of benzene rings is 9. The SMILES string of the molecule is c1ccc(-c2nc(-c3ccccc3)nc(-c3cc4ccccc4c4oc5cc(-n6c7cc8ccccc8cc7c7cc8ccccc8cc76)ccc5c34)n2)cc1. The maximum atomic E-state index is 6.98. The molecule has 12 rings (SSSR count). The van der Waals surface area contributed by atoms with Gasteiger partial charge in [-0.1, -0.05) is 133 Å². The molecule has 0 atom stereocenters. The van der Waals surface area contributed by atoms with Gasteiger partial charge in [-0.15, -0.1) is 0 Å². The molecule has 0 aliphatic carbocycles. The maximum absolute atomic E-state index is 6.98. The second-order valence-electron chi connectivity index (χ2n) is 14.4. The molecule has 0 aliphatic rings. The van der Waals surface area contributed by atoms with E-state index in [1.54, 1.807) is 0 Å². The molecule has 0 bridgehead atoms. The van der Waals surface area contributed by atoms with Crippen molar-refractivity contribution in [3.63, 3.8) is 0 Å². The van der Waals surface area contributed by atoms with E-state index in [9.17, 15) is 0 Å². The Morgan fingerprint density at radius 3 is 1.46 bits per heavy atom. The molecule has 0 amide bonds. The summed E-state index contributed by atoms with van der Waals surface area (Å²) in [6, 6.07) is 63.9. The van der Waals surface area contributed by atoms with Crippen LogP contribution in [-0.2, 0) is 0 Å². The third kappa shape index (κ3) is 4.71. The van der Waals surface area contributed by atoms with Gasteiger partial charge < -0.3 is 8.98 Å². The van der Waals surface area contributed by atoms with Gasteiger partial charge in [-0.25, -0.2) is 15.0 Å². The lowest BCUT2D eigenvalue weighted by Crippen LogP contribution is -2.00. The highest BCUT2D eigenvalue weighted by molar-refractivity contribution is 6.21. The van der Waals surface area contributed by atoms with Crippen LogP contribution in [0.5, 0.6) is 0 Å². The zero-order valence-electron chi connectivity index (χ0n) is 30.0. The quantitative estimate of drug-likeness (QED) is 0.182. The van der Waals surface area contributed by atoms with Gasteiger partial charge >= 0.3 is 0 Å². The Kier molecular flexibility index (Phi) is 6.56. The molecule has 0 unspecified atom stereocenters. The molecule has 5 heteroatoms. The van der Waals surface area contributed by atoms with Crippen molar-refractivity contribution in [3.05, 3.63) is 182 Å². The van der Waals surface area contributed by atoms with Gasteiger partial charge in [0.1, 0.15) is 11.2 Å². The van der Waals surface area contributed by atoms with E-state index in [1.807, 2.05) is 60.7 Å². The van der Waals surface area contributed by atoms with Gasteiger partial charge in [-0.05, 0) is 69.4 Å². The number of fused-ring (bicyclic) bond motifs is 10. The lowest BCUT2D eigenvalue weighted by molar-refractivity contribution is 0.672. The lowest BCUT2D eigenvalue weighted by atomic mass is 9.99. The molecule has 0 spiro atoms. The van der Waals surface area contributed by atoms with Crippen molar-refractivity contribution in [1.29, 1.82) is 0 Å². The highest BCUT2D eigenvalue weighted by atomic mass is 16.3. The number of nitrogens with zero attached hydrogens (tertiary/aromatic N) is 4. The zero-order chi connectivity index (χ0) is 36.7. The fourth-order valence-corrected chi connectivity index (χ4v) is 8.51. The minimum Gasteiger partial charge on any atom is -0.455 e. The Bertz CT molecular complexity index is 3380. The van der Waals surface area contributed by atoms with Crippen LogP contribution in [-0.4, -0.2) is 19.5 Å². The van der Waals surface area contributed by atoms with Crippen molar-refractivity contribution >= 4 is 76.1 Å². The Hall–Kier alpha value is -7.63. The molecule has 260 valence electrons. The van der Waals surface area contributed by atoms with Crippen LogP contribution in [0.3, 0.4) is 0 Å². The summed E-state index contributed by atoms with van der Waals surface area (Å²) in [4.78, 5) is 15.3. The van der Waals surface area contributed by atoms with E-state index >= 15 is 0 Å². The number of aromatic nitrogens is 4. The van der Waals surface area contributed by atoms with E-state index in [-0.39, 0.29) is 0 Å². The molecule has 56 heavy (non-hydrogen) atoms. The summed E-state index contributed by atoms with van der Waals surface area (Å²) in [6.45, 7) is 0. The summed E-state index contributed by atoms with van der Waals surface area (Å²) < 4.78 is 9.36. The Balaban J connectivity index is 1.14. The van der Waals surface area contributed by atoms with Crippen LogP contribution in [0.15, 0.2) is 186 Å². The molecule has 5 nitrogen and oxygen atoms in total. The van der Waals surface area contributed by atoms with Crippen molar-refractivity contribution in [2.75, 3.05) is 0 Å². The monoisotopic (exact) mass is 714 g/mol. The topological polar surface area (TPSA) is 56.7 Å². The van der Waals surface area contributed by atoms with Gasteiger partial charge in [0.2, 0.25) is 0 Å². The predicted molar refractivity (Wildman–Crippen MR) is 230 cm³/mol. The third-order valence-electron chi connectivity index (χ3n) is 11.1. The molecule has 3 heterocycles. The van der Waals surface area contributed by atoms with Crippen molar-refractivity contribution in [2.45, 2.75) is 0 Å². The first-order chi connectivity index (χ1) is 27.7. The summed E-state index contributed by atoms with van der Waals surface area (Å²) >= 11 is 0. The van der Waals surface area contributed by atoms with E-state index in [1.165, 1.54) is 32.3 Å². The molecule has 12 aromatic rings. The summed E-state index contributed by atoms with van der Waals surface area (Å²) in [6.07, 6.45) is 0. The second-order valence-corrected chi connectivity index (χ2v) is 14.4. The van der Waals surface area contributed by atoms with E-state index < -0.39 is 0 Å². The maximum Gasteiger partial charge on any atom is 0.164 e. The van der Waals surface area contributed by atoms with Crippen LogP contribution in [0.1, 0.15) is 0 Å². The minimum atomic E-state index is 0.599. The van der Waals surface area contributed by atoms with Crippen molar-refractivity contribution in [2.24, 2.45) is 0 Å². The molecular formula is C51H30N4O. The molecule has 0 radical (unpaired) electrons. The van der Waals surface area contributed by atoms with Crippen LogP contribution < -0.4 is 0 Å². The summed E-state index contributed by atoms with van der Waals surface area (Å²) in [5, 5.41) is 11.4. The van der Waals surface area contributed by atoms with Gasteiger partial charge in [0.25, 0.3) is 0 Å². The standard InChI is InChI=1S/C51H30N4O/c1-3-13-31(14-4-1)49-52-50(32-15-5-2-6-16-32)54-51(53-49)43-27-37-21-11-12-22-39(37)48-47(43)40-24-23-38(30-46(40)56-48)55-44-28-35-19-9-7-17-33(35)25-41(44)42-26-34-18-8-10-20-36(34)29-45(42)55/h1-30H. The number of furan rings is 1. The van der Waals surface area contributed by atoms with Gasteiger partial charge in [0.05, 0.1) is 11.0 Å². The lowest BCUT2D eigenvalue weighted by Gasteiger charge is -2.11. The summed E-state index contributed by atoms with van der Waals surface area (Å²) in [7, 11) is 0. The minimum absolute atomic E-state index is 0.599. The van der Waals surface area contributed by atoms with Gasteiger partial charge in [-0.3, -0.25) is 0 Å². The van der Waals surface area contributed by atoms with Crippen molar-refractivity contribution in [1.82, 2.24) is 19.5 Å². The first-order valence-electron chi connectivity index (χ1n) is 18.8. The highest BCUT2D eigenvalue weighted by Gasteiger charge is 2.22. The Morgan fingerprint density at radius 1 is 0.375 bits per heavy atom. The first kappa shape index (κ1) is 30.8. The zero-order valence-corrected chi connectivity index (χ0v) is 30.0. The average Bonchev–Trinajstić information content (AvgIpc) is 3.80. The van der Waals surface area contributed by atoms with E-state index in [0.29, 0.717) is 17.5 Å². The summed E-state index contributed by atoms with van der Waals surface area (Å²) in [5.74, 6) is 1.84. The van der Waals surface area contributed by atoms with Gasteiger partial charge in [0.15, 0.2) is 17.5 Å². The van der Waals surface area contributed by atoms with E-state index in [2.05, 4.69) is 126 Å². The molecule has 0 saturated heterocycles. The van der Waals surface area contributed by atoms with Crippen molar-refractivity contribution < 1.29 is 4.42 Å². The average molecular weight is 715 g/mol. The van der Waals surface area contributed by atoms with Crippen LogP contribution in [0.4, 0.5) is 0 Å². The normalized spacial score (nSPS) is 11.9. The van der Waals surface area contributed by atoms with E-state index in [4.69, 9.17) is 19.4 Å². The Labute approximate surface area is 320 Å². The number of hydrogen-bond donors (Lipinski definition) is 0. The first-order valence-corrected chi connectivity index (χ1v) is 18.8. The third-order valence-corrected chi connectivity index (χ3v) is 11.1. The van der Waals surface area contributed by atoms with E-state index in [0.717, 1.165) is 66.1 Å². The molecule has 0 fully saturated rings. The molecule has 3 aromatic heterocycles. The van der Waals surface area contributed by atoms with Crippen LogP contribution in [0.2, 0.25) is 0 Å². The second kappa shape index (κ2) is 11.9. The fraction of sp³-hybridized carbons (Fsp3) is 0. The van der Waals surface area contributed by atoms with Gasteiger partial charge in [-0.2, -0.15) is 0 Å². The molecule has 0 aliphatic heterocycles.